The van der Waals surface area contributed by atoms with Crippen LogP contribution in [0.5, 0.6) is 11.6 Å². The van der Waals surface area contributed by atoms with Gasteiger partial charge in [0.2, 0.25) is 5.88 Å². The monoisotopic (exact) mass is 523 g/mol. The first-order valence-electron chi connectivity index (χ1n) is 12.7. The molecule has 0 fully saturated rings. The number of ether oxygens (including phenoxy) is 2. The zero-order chi connectivity index (χ0) is 26.9. The standard InChI is InChI=1S/C30H29N5O4/c1-19-6-5-7-27-23(19)14-28(39-27)26-17-38-33-29(35(26)16-21-8-10-22(36-3)11-9-21)24-12-13-25(30(32-24)37-4)34-15-20(2)31-18-34/h5-15,18,26H,16-17H2,1-4H3. The van der Waals surface area contributed by atoms with Gasteiger partial charge in [-0.15, -0.1) is 0 Å². The Labute approximate surface area is 226 Å². The van der Waals surface area contributed by atoms with Crippen LogP contribution < -0.4 is 9.47 Å². The first-order valence-corrected chi connectivity index (χ1v) is 12.7. The van der Waals surface area contributed by atoms with E-state index >= 15 is 0 Å². The number of aryl methyl sites for hydroxylation is 2. The molecule has 1 aliphatic rings. The van der Waals surface area contributed by atoms with Crippen molar-refractivity contribution in [1.29, 1.82) is 0 Å². The van der Waals surface area contributed by atoms with Gasteiger partial charge in [-0.2, -0.15) is 0 Å². The van der Waals surface area contributed by atoms with Crippen molar-refractivity contribution in [2.24, 2.45) is 5.16 Å². The molecule has 0 amide bonds. The molecule has 0 aliphatic carbocycles. The molecule has 4 heterocycles. The van der Waals surface area contributed by atoms with Crippen LogP contribution in [-0.2, 0) is 11.4 Å². The summed E-state index contributed by atoms with van der Waals surface area (Å²) in [5.74, 6) is 2.65. The van der Waals surface area contributed by atoms with Crippen molar-refractivity contribution >= 4 is 16.8 Å². The highest BCUT2D eigenvalue weighted by Crippen LogP contribution is 2.34. The van der Waals surface area contributed by atoms with E-state index in [2.05, 4.69) is 34.1 Å². The van der Waals surface area contributed by atoms with Crippen LogP contribution in [0.15, 0.2) is 82.8 Å². The lowest BCUT2D eigenvalue weighted by Gasteiger charge is -2.35. The summed E-state index contributed by atoms with van der Waals surface area (Å²) in [7, 11) is 3.27. The summed E-state index contributed by atoms with van der Waals surface area (Å²) >= 11 is 0. The van der Waals surface area contributed by atoms with Gasteiger partial charge in [-0.3, -0.25) is 0 Å². The number of rotatable bonds is 7. The predicted octanol–water partition coefficient (Wildman–Crippen LogP) is 5.58. The molecule has 5 aromatic rings. The summed E-state index contributed by atoms with van der Waals surface area (Å²) in [6, 6.07) is 19.8. The summed E-state index contributed by atoms with van der Waals surface area (Å²) in [4.78, 5) is 17.1. The van der Waals surface area contributed by atoms with Gasteiger partial charge in [-0.25, -0.2) is 9.97 Å². The number of hydrogen-bond acceptors (Lipinski definition) is 8. The molecule has 1 atom stereocenters. The van der Waals surface area contributed by atoms with Crippen LogP contribution in [0.3, 0.4) is 0 Å². The molecular weight excluding hydrogens is 494 g/mol. The number of hydrogen-bond donors (Lipinski definition) is 0. The second kappa shape index (κ2) is 10.2. The highest BCUT2D eigenvalue weighted by Gasteiger charge is 2.33. The molecule has 9 heteroatoms. The molecule has 1 aliphatic heterocycles. The third kappa shape index (κ3) is 4.67. The van der Waals surface area contributed by atoms with E-state index in [1.54, 1.807) is 20.5 Å². The van der Waals surface area contributed by atoms with Gasteiger partial charge in [0.1, 0.15) is 41.1 Å². The molecule has 0 bridgehead atoms. The Kier molecular flexibility index (Phi) is 6.40. The molecule has 0 saturated heterocycles. The Morgan fingerprint density at radius 1 is 1.00 bits per heavy atom. The quantitative estimate of drug-likeness (QED) is 0.275. The number of aromatic nitrogens is 3. The number of benzene rings is 2. The molecule has 2 aromatic carbocycles. The minimum Gasteiger partial charge on any atom is -0.497 e. The highest BCUT2D eigenvalue weighted by molar-refractivity contribution is 5.97. The summed E-state index contributed by atoms with van der Waals surface area (Å²) in [6.45, 7) is 4.91. The largest absolute Gasteiger partial charge is 0.497 e. The van der Waals surface area contributed by atoms with Crippen molar-refractivity contribution in [2.75, 3.05) is 20.8 Å². The molecular formula is C30H29N5O4. The highest BCUT2D eigenvalue weighted by atomic mass is 16.6. The maximum atomic E-state index is 6.35. The fraction of sp³-hybridized carbons (Fsp3) is 0.233. The van der Waals surface area contributed by atoms with Crippen LogP contribution in [0.25, 0.3) is 16.7 Å². The van der Waals surface area contributed by atoms with Crippen LogP contribution >= 0.6 is 0 Å². The number of oxime groups is 1. The summed E-state index contributed by atoms with van der Waals surface area (Å²) in [5, 5.41) is 5.56. The molecule has 1 unspecified atom stereocenters. The normalized spacial score (nSPS) is 15.2. The van der Waals surface area contributed by atoms with Crippen molar-refractivity contribution in [1.82, 2.24) is 19.4 Å². The number of furan rings is 1. The van der Waals surface area contributed by atoms with E-state index < -0.39 is 0 Å². The molecule has 198 valence electrons. The van der Waals surface area contributed by atoms with Crippen molar-refractivity contribution < 1.29 is 18.7 Å². The van der Waals surface area contributed by atoms with Crippen LogP contribution in [0.1, 0.15) is 34.3 Å². The first kappa shape index (κ1) is 24.5. The molecule has 0 spiro atoms. The topological polar surface area (TPSA) is 87.1 Å². The minimum atomic E-state index is -0.227. The van der Waals surface area contributed by atoms with Crippen molar-refractivity contribution in [3.8, 4) is 17.3 Å². The van der Waals surface area contributed by atoms with E-state index in [-0.39, 0.29) is 6.04 Å². The van der Waals surface area contributed by atoms with E-state index in [0.29, 0.717) is 30.6 Å². The zero-order valence-corrected chi connectivity index (χ0v) is 22.3. The number of imidazole rings is 1. The molecule has 9 nitrogen and oxygen atoms in total. The zero-order valence-electron chi connectivity index (χ0n) is 22.3. The average Bonchev–Trinajstić information content (AvgIpc) is 3.60. The molecule has 3 aromatic heterocycles. The van der Waals surface area contributed by atoms with Gasteiger partial charge < -0.3 is 28.2 Å². The fourth-order valence-electron chi connectivity index (χ4n) is 4.85. The van der Waals surface area contributed by atoms with Crippen molar-refractivity contribution in [3.05, 3.63) is 101 Å². The van der Waals surface area contributed by atoms with Crippen LogP contribution in [-0.4, -0.2) is 46.1 Å². The van der Waals surface area contributed by atoms with Crippen LogP contribution in [0.2, 0.25) is 0 Å². The maximum absolute atomic E-state index is 6.35. The second-order valence-corrected chi connectivity index (χ2v) is 9.49. The number of fused-ring (bicyclic) bond motifs is 1. The molecule has 6 rings (SSSR count). The van der Waals surface area contributed by atoms with Crippen LogP contribution in [0.4, 0.5) is 0 Å². The van der Waals surface area contributed by atoms with Crippen molar-refractivity contribution in [3.63, 3.8) is 0 Å². The molecule has 0 N–H and O–H groups in total. The minimum absolute atomic E-state index is 0.227. The van der Waals surface area contributed by atoms with Crippen LogP contribution in [0, 0.1) is 13.8 Å². The molecule has 0 radical (unpaired) electrons. The third-order valence-electron chi connectivity index (χ3n) is 6.92. The smallest absolute Gasteiger partial charge is 0.238 e. The Hall–Kier alpha value is -4.79. The Bertz CT molecular complexity index is 1650. The fourth-order valence-corrected chi connectivity index (χ4v) is 4.85. The number of amidine groups is 1. The van der Waals surface area contributed by atoms with E-state index in [9.17, 15) is 0 Å². The SMILES string of the molecule is COc1ccc(CN2C(c3ccc(-n4cnc(C)c4)c(OC)n3)=NOCC2c2cc3c(C)cccc3o2)cc1. The Morgan fingerprint density at radius 3 is 2.56 bits per heavy atom. The van der Waals surface area contributed by atoms with Crippen molar-refractivity contribution in [2.45, 2.75) is 26.4 Å². The Balaban J connectivity index is 1.42. The molecule has 0 saturated carbocycles. The number of methoxy groups -OCH3 is 2. The molecule has 39 heavy (non-hydrogen) atoms. The Morgan fingerprint density at radius 2 is 1.85 bits per heavy atom. The predicted molar refractivity (Wildman–Crippen MR) is 147 cm³/mol. The number of nitrogens with zero attached hydrogens (tertiary/aromatic N) is 5. The van der Waals surface area contributed by atoms with Gasteiger partial charge in [0.25, 0.3) is 0 Å². The maximum Gasteiger partial charge on any atom is 0.238 e. The lowest BCUT2D eigenvalue weighted by atomic mass is 10.1. The van der Waals surface area contributed by atoms with E-state index in [1.165, 1.54) is 0 Å². The van der Waals surface area contributed by atoms with E-state index in [0.717, 1.165) is 45.0 Å². The van der Waals surface area contributed by atoms with Gasteiger partial charge in [0.05, 0.1) is 26.2 Å². The summed E-state index contributed by atoms with van der Waals surface area (Å²) in [6.07, 6.45) is 3.67. The third-order valence-corrected chi connectivity index (χ3v) is 6.92. The van der Waals surface area contributed by atoms with Gasteiger partial charge in [-0.1, -0.05) is 29.4 Å². The number of pyridine rings is 1. The summed E-state index contributed by atoms with van der Waals surface area (Å²) < 4.78 is 19.3. The van der Waals surface area contributed by atoms with Gasteiger partial charge in [-0.05, 0) is 61.4 Å². The summed E-state index contributed by atoms with van der Waals surface area (Å²) in [5.41, 5.74) is 5.40. The lowest BCUT2D eigenvalue weighted by Crippen LogP contribution is -2.40. The average molecular weight is 524 g/mol. The van der Waals surface area contributed by atoms with Gasteiger partial charge in [0.15, 0.2) is 5.84 Å². The lowest BCUT2D eigenvalue weighted by molar-refractivity contribution is 0.0500. The van der Waals surface area contributed by atoms with Gasteiger partial charge >= 0.3 is 0 Å². The van der Waals surface area contributed by atoms with E-state index in [4.69, 9.17) is 23.7 Å². The van der Waals surface area contributed by atoms with Gasteiger partial charge in [0, 0.05) is 18.1 Å². The second-order valence-electron chi connectivity index (χ2n) is 9.49. The van der Waals surface area contributed by atoms with E-state index in [1.807, 2.05) is 66.2 Å². The first-order chi connectivity index (χ1) is 19.0.